The summed E-state index contributed by atoms with van der Waals surface area (Å²) in [5, 5.41) is 0. The van der Waals surface area contributed by atoms with Crippen molar-refractivity contribution in [2.24, 2.45) is 13.0 Å². The Labute approximate surface area is 181 Å². The summed E-state index contributed by atoms with van der Waals surface area (Å²) in [6, 6.07) is 7.80. The summed E-state index contributed by atoms with van der Waals surface area (Å²) < 4.78 is 39.9. The average molecular weight is 450 g/mol. The summed E-state index contributed by atoms with van der Waals surface area (Å²) in [6.07, 6.45) is 2.88. The molecule has 1 N–H and O–H groups in total. The van der Waals surface area contributed by atoms with Crippen LogP contribution in [0.4, 0.5) is 0 Å². The lowest BCUT2D eigenvalue weighted by Gasteiger charge is -2.32. The number of hydrogen-bond donors (Lipinski definition) is 1. The number of nitrogens with one attached hydrogen (secondary N) is 1. The van der Waals surface area contributed by atoms with E-state index in [1.54, 1.807) is 36.3 Å². The van der Waals surface area contributed by atoms with Crippen LogP contribution < -0.4 is 19.8 Å². The van der Waals surface area contributed by atoms with Crippen LogP contribution in [0.15, 0.2) is 46.2 Å². The molecular weight excluding hydrogens is 422 g/mol. The van der Waals surface area contributed by atoms with E-state index in [0.29, 0.717) is 31.7 Å². The summed E-state index contributed by atoms with van der Waals surface area (Å²) in [6.45, 7) is 1.18. The first-order valence-corrected chi connectivity index (χ1v) is 11.4. The molecule has 2 heterocycles. The number of pyridine rings is 1. The minimum Gasteiger partial charge on any atom is -0.497 e. The van der Waals surface area contributed by atoms with Crippen molar-refractivity contribution in [1.29, 1.82) is 0 Å². The number of likely N-dealkylation sites (tertiary alicyclic amines) is 1. The van der Waals surface area contributed by atoms with Gasteiger partial charge >= 0.3 is 0 Å². The number of aromatic nitrogens is 1. The van der Waals surface area contributed by atoms with Crippen LogP contribution in [0.1, 0.15) is 23.2 Å². The normalized spacial score (nSPS) is 15.0. The highest BCUT2D eigenvalue weighted by Gasteiger charge is 2.27. The molecule has 1 fully saturated rings. The van der Waals surface area contributed by atoms with Crippen molar-refractivity contribution in [2.45, 2.75) is 17.7 Å². The smallest absolute Gasteiger partial charge is 0.263 e. The van der Waals surface area contributed by atoms with Gasteiger partial charge in [-0.05, 0) is 43.0 Å². The monoisotopic (exact) mass is 449 g/mol. The summed E-state index contributed by atoms with van der Waals surface area (Å²) in [5.74, 6) is 0.439. The zero-order chi connectivity index (χ0) is 22.6. The van der Waals surface area contributed by atoms with Crippen molar-refractivity contribution in [1.82, 2.24) is 14.2 Å². The van der Waals surface area contributed by atoms with Gasteiger partial charge in [-0.1, -0.05) is 0 Å². The molecule has 1 amide bonds. The van der Waals surface area contributed by atoms with Gasteiger partial charge in [0.15, 0.2) is 0 Å². The molecule has 0 atom stereocenters. The number of carbonyl (C=O) groups is 1. The van der Waals surface area contributed by atoms with Gasteiger partial charge in [-0.3, -0.25) is 9.59 Å². The Kier molecular flexibility index (Phi) is 7.01. The maximum atomic E-state index is 12.8. The fraction of sp³-hybridized carbons (Fsp3) is 0.429. The van der Waals surface area contributed by atoms with E-state index in [1.165, 1.54) is 30.9 Å². The number of benzene rings is 1. The molecule has 0 unspecified atom stereocenters. The first kappa shape index (κ1) is 22.8. The number of hydrogen-bond acceptors (Lipinski definition) is 6. The lowest BCUT2D eigenvalue weighted by Crippen LogP contribution is -2.43. The molecule has 1 saturated heterocycles. The highest BCUT2D eigenvalue weighted by molar-refractivity contribution is 7.89. The van der Waals surface area contributed by atoms with Crippen LogP contribution >= 0.6 is 0 Å². The molecule has 1 aromatic heterocycles. The number of methoxy groups -OCH3 is 2. The number of sulfonamides is 1. The van der Waals surface area contributed by atoms with Crippen LogP contribution in [0, 0.1) is 5.92 Å². The van der Waals surface area contributed by atoms with E-state index in [2.05, 4.69) is 4.72 Å². The fourth-order valence-electron chi connectivity index (χ4n) is 3.57. The van der Waals surface area contributed by atoms with E-state index < -0.39 is 10.0 Å². The first-order valence-electron chi connectivity index (χ1n) is 9.93. The number of nitrogens with zero attached hydrogens (tertiary/aromatic N) is 2. The Hall–Kier alpha value is -2.85. The molecule has 3 rings (SSSR count). The molecule has 1 aromatic carbocycles. The zero-order valence-corrected chi connectivity index (χ0v) is 18.6. The molecule has 10 heteroatoms. The maximum Gasteiger partial charge on any atom is 0.263 e. The van der Waals surface area contributed by atoms with Crippen molar-refractivity contribution in [3.05, 3.63) is 52.4 Å². The molecule has 2 aromatic rings. The van der Waals surface area contributed by atoms with Crippen molar-refractivity contribution in [3.8, 4) is 11.5 Å². The summed E-state index contributed by atoms with van der Waals surface area (Å²) in [4.78, 5) is 26.5. The van der Waals surface area contributed by atoms with Crippen LogP contribution in [-0.2, 0) is 17.1 Å². The second kappa shape index (κ2) is 9.52. The molecular formula is C21H27N3O6S. The van der Waals surface area contributed by atoms with Crippen molar-refractivity contribution >= 4 is 15.9 Å². The van der Waals surface area contributed by atoms with Gasteiger partial charge in [0.1, 0.15) is 22.0 Å². The predicted octanol–water partition coefficient (Wildman–Crippen LogP) is 1.23. The van der Waals surface area contributed by atoms with Gasteiger partial charge in [0, 0.05) is 38.9 Å². The van der Waals surface area contributed by atoms with Crippen LogP contribution in [0.5, 0.6) is 11.5 Å². The van der Waals surface area contributed by atoms with E-state index in [-0.39, 0.29) is 40.1 Å². The summed E-state index contributed by atoms with van der Waals surface area (Å²) in [7, 11) is 0.683. The number of piperidine rings is 1. The van der Waals surface area contributed by atoms with Crippen LogP contribution in [0.2, 0.25) is 0 Å². The van der Waals surface area contributed by atoms with E-state index in [9.17, 15) is 18.0 Å². The Morgan fingerprint density at radius 3 is 2.52 bits per heavy atom. The molecule has 31 heavy (non-hydrogen) atoms. The predicted molar refractivity (Wildman–Crippen MR) is 115 cm³/mol. The lowest BCUT2D eigenvalue weighted by atomic mass is 9.97. The lowest BCUT2D eigenvalue weighted by molar-refractivity contribution is 0.0689. The fourth-order valence-corrected chi connectivity index (χ4v) is 4.87. The van der Waals surface area contributed by atoms with Crippen molar-refractivity contribution in [2.75, 3.05) is 33.9 Å². The van der Waals surface area contributed by atoms with Crippen LogP contribution in [0.3, 0.4) is 0 Å². The molecule has 0 saturated carbocycles. The first-order chi connectivity index (χ1) is 14.8. The van der Waals surface area contributed by atoms with Gasteiger partial charge in [0.05, 0.1) is 14.2 Å². The van der Waals surface area contributed by atoms with Gasteiger partial charge in [0.25, 0.3) is 11.5 Å². The quantitative estimate of drug-likeness (QED) is 0.682. The highest BCUT2D eigenvalue weighted by atomic mass is 32.2. The van der Waals surface area contributed by atoms with Gasteiger partial charge in [0.2, 0.25) is 10.0 Å². The third-order valence-electron chi connectivity index (χ3n) is 5.48. The van der Waals surface area contributed by atoms with E-state index in [0.717, 1.165) is 0 Å². The number of amides is 1. The average Bonchev–Trinajstić information content (AvgIpc) is 2.79. The molecule has 0 radical (unpaired) electrons. The molecule has 9 nitrogen and oxygen atoms in total. The number of rotatable bonds is 7. The minimum atomic E-state index is -3.80. The molecule has 0 spiro atoms. The summed E-state index contributed by atoms with van der Waals surface area (Å²) in [5.41, 5.74) is -0.177. The molecule has 1 aliphatic rings. The SMILES string of the molecule is COc1ccc(OC)c(S(=O)(=O)NCC2CCN(C(=O)c3cccn(C)c3=O)CC2)c1. The van der Waals surface area contributed by atoms with E-state index >= 15 is 0 Å². The zero-order valence-electron chi connectivity index (χ0n) is 17.8. The van der Waals surface area contributed by atoms with Crippen LogP contribution in [-0.4, -0.2) is 57.6 Å². The highest BCUT2D eigenvalue weighted by Crippen LogP contribution is 2.28. The van der Waals surface area contributed by atoms with Gasteiger partial charge in [-0.15, -0.1) is 0 Å². The maximum absolute atomic E-state index is 12.8. The van der Waals surface area contributed by atoms with Gasteiger partial charge in [-0.2, -0.15) is 0 Å². The van der Waals surface area contributed by atoms with Gasteiger partial charge < -0.3 is 18.9 Å². The van der Waals surface area contributed by atoms with Crippen molar-refractivity contribution < 1.29 is 22.7 Å². The topological polar surface area (TPSA) is 107 Å². The number of aryl methyl sites for hydroxylation is 1. The van der Waals surface area contributed by atoms with E-state index in [1.807, 2.05) is 0 Å². The van der Waals surface area contributed by atoms with Crippen molar-refractivity contribution in [3.63, 3.8) is 0 Å². The molecule has 168 valence electrons. The van der Waals surface area contributed by atoms with Crippen LogP contribution in [0.25, 0.3) is 0 Å². The summed E-state index contributed by atoms with van der Waals surface area (Å²) >= 11 is 0. The number of ether oxygens (including phenoxy) is 2. The molecule has 0 bridgehead atoms. The third kappa shape index (κ3) is 5.08. The minimum absolute atomic E-state index is 0.0156. The second-order valence-electron chi connectivity index (χ2n) is 7.44. The van der Waals surface area contributed by atoms with E-state index in [4.69, 9.17) is 9.47 Å². The Morgan fingerprint density at radius 1 is 1.16 bits per heavy atom. The Morgan fingerprint density at radius 2 is 1.87 bits per heavy atom. The molecule has 1 aliphatic heterocycles. The Balaban J connectivity index is 1.61. The largest absolute Gasteiger partial charge is 0.497 e. The Bertz CT molecular complexity index is 1100. The second-order valence-corrected chi connectivity index (χ2v) is 9.18. The standard InChI is InChI=1S/C21H27N3O6S/c1-23-10-4-5-17(20(23)25)21(26)24-11-8-15(9-12-24)14-22-31(27,28)19-13-16(29-2)6-7-18(19)30-3/h4-7,10,13,15,22H,8-9,11-12,14H2,1-3H3. The number of carbonyl (C=O) groups excluding carboxylic acids is 1. The third-order valence-corrected chi connectivity index (χ3v) is 6.92. The molecule has 0 aliphatic carbocycles. The van der Waals surface area contributed by atoms with Gasteiger partial charge in [-0.25, -0.2) is 13.1 Å².